The van der Waals surface area contributed by atoms with Crippen molar-refractivity contribution in [1.82, 2.24) is 20.2 Å². The Balaban J connectivity index is 1.62. The Bertz CT molecular complexity index is 981. The second kappa shape index (κ2) is 8.17. The SMILES string of the molecule is C/C(=N\NC(=S)Nc1cccc(C(F)(F)F)c1)c1ccc(-n2cncn2)cc1. The molecule has 0 spiro atoms. The summed E-state index contributed by atoms with van der Waals surface area (Å²) < 4.78 is 39.9. The van der Waals surface area contributed by atoms with Gasteiger partial charge in [0.1, 0.15) is 12.7 Å². The summed E-state index contributed by atoms with van der Waals surface area (Å²) in [4.78, 5) is 3.89. The number of aromatic nitrogens is 3. The summed E-state index contributed by atoms with van der Waals surface area (Å²) in [6.07, 6.45) is -1.38. The molecule has 3 aromatic rings. The lowest BCUT2D eigenvalue weighted by Crippen LogP contribution is -2.25. The first-order valence-corrected chi connectivity index (χ1v) is 8.48. The molecule has 0 atom stereocenters. The van der Waals surface area contributed by atoms with Gasteiger partial charge in [-0.3, -0.25) is 5.43 Å². The minimum Gasteiger partial charge on any atom is -0.331 e. The van der Waals surface area contributed by atoms with Crippen molar-refractivity contribution in [1.29, 1.82) is 0 Å². The quantitative estimate of drug-likeness (QED) is 0.391. The van der Waals surface area contributed by atoms with Crippen LogP contribution in [0.1, 0.15) is 18.1 Å². The van der Waals surface area contributed by atoms with Crippen molar-refractivity contribution in [2.24, 2.45) is 5.10 Å². The maximum atomic E-state index is 12.8. The number of anilines is 1. The number of hydrogen-bond acceptors (Lipinski definition) is 4. The van der Waals surface area contributed by atoms with Crippen LogP contribution in [0.2, 0.25) is 0 Å². The summed E-state index contributed by atoms with van der Waals surface area (Å²) >= 11 is 5.09. The molecule has 0 aliphatic heterocycles. The molecule has 0 amide bonds. The van der Waals surface area contributed by atoms with Gasteiger partial charge < -0.3 is 5.32 Å². The maximum absolute atomic E-state index is 12.8. The Morgan fingerprint density at radius 2 is 1.89 bits per heavy atom. The molecule has 3 rings (SSSR count). The summed E-state index contributed by atoms with van der Waals surface area (Å²) in [7, 11) is 0. The molecular weight excluding hydrogens is 389 g/mol. The van der Waals surface area contributed by atoms with Gasteiger partial charge in [0, 0.05) is 5.69 Å². The van der Waals surface area contributed by atoms with Crippen molar-refractivity contribution in [2.45, 2.75) is 13.1 Å². The average Bonchev–Trinajstić information content (AvgIpc) is 3.20. The fraction of sp³-hybridized carbons (Fsp3) is 0.111. The highest BCUT2D eigenvalue weighted by Gasteiger charge is 2.30. The molecule has 1 heterocycles. The second-order valence-electron chi connectivity index (χ2n) is 5.73. The molecule has 0 saturated heterocycles. The lowest BCUT2D eigenvalue weighted by atomic mass is 10.1. The highest BCUT2D eigenvalue weighted by Crippen LogP contribution is 2.30. The van der Waals surface area contributed by atoms with Crippen molar-refractivity contribution in [3.05, 3.63) is 72.3 Å². The Labute approximate surface area is 164 Å². The monoisotopic (exact) mass is 404 g/mol. The van der Waals surface area contributed by atoms with Gasteiger partial charge in [-0.1, -0.05) is 18.2 Å². The Kier molecular flexibility index (Phi) is 5.69. The topological polar surface area (TPSA) is 67.1 Å². The summed E-state index contributed by atoms with van der Waals surface area (Å²) in [6.45, 7) is 1.78. The molecule has 0 aliphatic carbocycles. The van der Waals surface area contributed by atoms with Gasteiger partial charge in [0.25, 0.3) is 0 Å². The molecule has 2 N–H and O–H groups in total. The number of nitrogens with one attached hydrogen (secondary N) is 2. The van der Waals surface area contributed by atoms with E-state index in [9.17, 15) is 13.2 Å². The van der Waals surface area contributed by atoms with E-state index in [4.69, 9.17) is 12.2 Å². The van der Waals surface area contributed by atoms with Crippen LogP contribution in [0.3, 0.4) is 0 Å². The number of thiocarbonyl (C=S) groups is 1. The summed E-state index contributed by atoms with van der Waals surface area (Å²) in [5.41, 5.74) is 4.44. The predicted molar refractivity (Wildman–Crippen MR) is 104 cm³/mol. The van der Waals surface area contributed by atoms with E-state index in [0.29, 0.717) is 5.71 Å². The van der Waals surface area contributed by atoms with Crippen LogP contribution in [0.5, 0.6) is 0 Å². The highest BCUT2D eigenvalue weighted by atomic mass is 32.1. The molecule has 10 heteroatoms. The molecule has 0 aliphatic rings. The molecular formula is C18H15F3N6S. The molecule has 0 bridgehead atoms. The first-order valence-electron chi connectivity index (χ1n) is 8.07. The van der Waals surface area contributed by atoms with Gasteiger partial charge >= 0.3 is 6.18 Å². The number of benzene rings is 2. The van der Waals surface area contributed by atoms with E-state index in [1.807, 2.05) is 24.3 Å². The Morgan fingerprint density at radius 3 is 2.54 bits per heavy atom. The molecule has 0 radical (unpaired) electrons. The van der Waals surface area contributed by atoms with Crippen molar-refractivity contribution in [3.8, 4) is 5.69 Å². The third-order valence-electron chi connectivity index (χ3n) is 3.74. The molecule has 2 aromatic carbocycles. The number of rotatable bonds is 4. The van der Waals surface area contributed by atoms with Crippen molar-refractivity contribution >= 4 is 28.7 Å². The number of hydrazone groups is 1. The van der Waals surface area contributed by atoms with Crippen LogP contribution in [0, 0.1) is 0 Å². The van der Waals surface area contributed by atoms with Crippen LogP contribution in [0.25, 0.3) is 5.69 Å². The van der Waals surface area contributed by atoms with Gasteiger partial charge in [-0.05, 0) is 55.0 Å². The maximum Gasteiger partial charge on any atom is 0.416 e. The number of hydrogen-bond donors (Lipinski definition) is 2. The van der Waals surface area contributed by atoms with Gasteiger partial charge in [0.2, 0.25) is 0 Å². The van der Waals surface area contributed by atoms with Crippen LogP contribution < -0.4 is 10.7 Å². The predicted octanol–water partition coefficient (Wildman–Crippen LogP) is 4.00. The molecule has 1 aromatic heterocycles. The molecule has 144 valence electrons. The van der Waals surface area contributed by atoms with E-state index in [2.05, 4.69) is 25.9 Å². The van der Waals surface area contributed by atoms with Crippen LogP contribution in [0.15, 0.2) is 66.3 Å². The van der Waals surface area contributed by atoms with E-state index < -0.39 is 11.7 Å². The van der Waals surface area contributed by atoms with Crippen LogP contribution >= 0.6 is 12.2 Å². The molecule has 0 saturated carbocycles. The van der Waals surface area contributed by atoms with Crippen LogP contribution in [-0.2, 0) is 6.18 Å². The minimum absolute atomic E-state index is 0.0814. The standard InChI is InChI=1S/C18H15F3N6S/c1-12(13-5-7-16(8-6-13)27-11-22-10-23-27)25-26-17(28)24-15-4-2-3-14(9-15)18(19,20)21/h2-11H,1H3,(H2,24,26,28)/b25-12+. The van der Waals surface area contributed by atoms with Crippen LogP contribution in [-0.4, -0.2) is 25.6 Å². The fourth-order valence-electron chi connectivity index (χ4n) is 2.33. The van der Waals surface area contributed by atoms with E-state index >= 15 is 0 Å². The largest absolute Gasteiger partial charge is 0.416 e. The lowest BCUT2D eigenvalue weighted by molar-refractivity contribution is -0.137. The third-order valence-corrected chi connectivity index (χ3v) is 3.93. The zero-order valence-electron chi connectivity index (χ0n) is 14.6. The van der Waals surface area contributed by atoms with Crippen molar-refractivity contribution in [3.63, 3.8) is 0 Å². The number of halogens is 3. The minimum atomic E-state index is -4.42. The molecule has 6 nitrogen and oxygen atoms in total. The fourth-order valence-corrected chi connectivity index (χ4v) is 2.49. The lowest BCUT2D eigenvalue weighted by Gasteiger charge is -2.11. The zero-order chi connectivity index (χ0) is 20.1. The van der Waals surface area contributed by atoms with Crippen LogP contribution in [0.4, 0.5) is 18.9 Å². The molecule has 28 heavy (non-hydrogen) atoms. The summed E-state index contributed by atoms with van der Waals surface area (Å²) in [6, 6.07) is 12.2. The Hall–Kier alpha value is -3.27. The summed E-state index contributed by atoms with van der Waals surface area (Å²) in [5, 5.41) is 11.0. The zero-order valence-corrected chi connectivity index (χ0v) is 15.4. The van der Waals surface area contributed by atoms with E-state index in [1.54, 1.807) is 17.9 Å². The van der Waals surface area contributed by atoms with E-state index in [1.165, 1.54) is 18.5 Å². The first kappa shape index (κ1) is 19.5. The van der Waals surface area contributed by atoms with Gasteiger partial charge in [-0.15, -0.1) is 0 Å². The highest BCUT2D eigenvalue weighted by molar-refractivity contribution is 7.80. The molecule has 0 fully saturated rings. The summed E-state index contributed by atoms with van der Waals surface area (Å²) in [5.74, 6) is 0. The van der Waals surface area contributed by atoms with Crippen molar-refractivity contribution < 1.29 is 13.2 Å². The Morgan fingerprint density at radius 1 is 1.14 bits per heavy atom. The number of alkyl halides is 3. The second-order valence-corrected chi connectivity index (χ2v) is 6.14. The normalized spacial score (nSPS) is 11.9. The van der Waals surface area contributed by atoms with Gasteiger partial charge in [0.05, 0.1) is 17.0 Å². The van der Waals surface area contributed by atoms with Gasteiger partial charge in [0.15, 0.2) is 5.11 Å². The van der Waals surface area contributed by atoms with Gasteiger partial charge in [-0.25, -0.2) is 9.67 Å². The molecule has 0 unspecified atom stereocenters. The van der Waals surface area contributed by atoms with Gasteiger partial charge in [-0.2, -0.15) is 23.4 Å². The third kappa shape index (κ3) is 4.92. The van der Waals surface area contributed by atoms with Crippen molar-refractivity contribution in [2.75, 3.05) is 5.32 Å². The number of nitrogens with zero attached hydrogens (tertiary/aromatic N) is 4. The van der Waals surface area contributed by atoms with E-state index in [-0.39, 0.29) is 10.8 Å². The first-order chi connectivity index (χ1) is 13.3. The average molecular weight is 404 g/mol. The smallest absolute Gasteiger partial charge is 0.331 e. The van der Waals surface area contributed by atoms with E-state index in [0.717, 1.165) is 23.4 Å².